The topological polar surface area (TPSA) is 40.5 Å². The molecule has 1 aliphatic carbocycles. The molecule has 70 valence electrons. The van der Waals surface area contributed by atoms with E-state index in [1.807, 2.05) is 6.07 Å². The normalized spacial score (nSPS) is 26.9. The standard InChI is InChI=1S/C10H12O2S/c11-8-3-1-2-6-4-9(12)10(13)5-7(6)8/h1-3,9-13H,4-5H2/t9-,10-/m0/s1. The van der Waals surface area contributed by atoms with E-state index in [4.69, 9.17) is 0 Å². The maximum atomic E-state index is 9.56. The molecule has 2 atom stereocenters. The van der Waals surface area contributed by atoms with E-state index in [2.05, 4.69) is 12.6 Å². The zero-order valence-corrected chi connectivity index (χ0v) is 8.04. The number of rotatable bonds is 0. The minimum absolute atomic E-state index is 0.0548. The molecular formula is C10H12O2S. The molecule has 13 heavy (non-hydrogen) atoms. The van der Waals surface area contributed by atoms with Gasteiger partial charge in [-0.25, -0.2) is 0 Å². The largest absolute Gasteiger partial charge is 0.508 e. The molecule has 0 radical (unpaired) electrons. The quantitative estimate of drug-likeness (QED) is 0.545. The number of hydrogen-bond acceptors (Lipinski definition) is 3. The molecule has 0 aliphatic heterocycles. The Hall–Kier alpha value is -0.670. The van der Waals surface area contributed by atoms with Gasteiger partial charge in [0.1, 0.15) is 5.75 Å². The Bertz CT molecular complexity index is 325. The lowest BCUT2D eigenvalue weighted by molar-refractivity contribution is 0.165. The van der Waals surface area contributed by atoms with Crippen molar-refractivity contribution in [2.24, 2.45) is 0 Å². The van der Waals surface area contributed by atoms with Crippen LogP contribution in [0.3, 0.4) is 0 Å². The molecule has 1 aliphatic rings. The summed E-state index contributed by atoms with van der Waals surface area (Å²) in [6, 6.07) is 5.43. The molecule has 0 saturated heterocycles. The number of fused-ring (bicyclic) bond motifs is 1. The summed E-state index contributed by atoms with van der Waals surface area (Å²) in [5.74, 6) is 0.323. The molecule has 0 unspecified atom stereocenters. The second-order valence-corrected chi connectivity index (χ2v) is 4.12. The van der Waals surface area contributed by atoms with E-state index in [-0.39, 0.29) is 5.25 Å². The van der Waals surface area contributed by atoms with Gasteiger partial charge in [0.05, 0.1) is 6.10 Å². The predicted molar refractivity (Wildman–Crippen MR) is 54.3 cm³/mol. The molecule has 0 saturated carbocycles. The Morgan fingerprint density at radius 2 is 2.08 bits per heavy atom. The van der Waals surface area contributed by atoms with Crippen LogP contribution in [-0.4, -0.2) is 21.6 Å². The van der Waals surface area contributed by atoms with Gasteiger partial charge in [-0.1, -0.05) is 12.1 Å². The summed E-state index contributed by atoms with van der Waals surface area (Å²) >= 11 is 4.27. The van der Waals surface area contributed by atoms with Gasteiger partial charge in [0.2, 0.25) is 0 Å². The van der Waals surface area contributed by atoms with Crippen LogP contribution < -0.4 is 0 Å². The summed E-state index contributed by atoms with van der Waals surface area (Å²) in [5.41, 5.74) is 1.98. The van der Waals surface area contributed by atoms with Crippen molar-refractivity contribution >= 4 is 12.6 Å². The molecule has 0 spiro atoms. The second-order valence-electron chi connectivity index (χ2n) is 3.46. The third-order valence-electron chi connectivity index (χ3n) is 2.53. The zero-order valence-electron chi connectivity index (χ0n) is 7.14. The van der Waals surface area contributed by atoms with Crippen LogP contribution in [0.2, 0.25) is 0 Å². The lowest BCUT2D eigenvalue weighted by Gasteiger charge is -2.26. The molecule has 2 rings (SSSR count). The van der Waals surface area contributed by atoms with Crippen molar-refractivity contribution in [2.45, 2.75) is 24.2 Å². The van der Waals surface area contributed by atoms with Gasteiger partial charge in [-0.15, -0.1) is 0 Å². The monoisotopic (exact) mass is 196 g/mol. The number of phenolic OH excluding ortho intramolecular Hbond substituents is 1. The van der Waals surface area contributed by atoms with Crippen molar-refractivity contribution < 1.29 is 10.2 Å². The second kappa shape index (κ2) is 3.24. The number of thiol groups is 1. The molecule has 0 fully saturated rings. The van der Waals surface area contributed by atoms with E-state index in [1.54, 1.807) is 12.1 Å². The van der Waals surface area contributed by atoms with Crippen LogP contribution in [-0.2, 0) is 12.8 Å². The lowest BCUT2D eigenvalue weighted by Crippen LogP contribution is -2.30. The maximum absolute atomic E-state index is 9.56. The Labute approximate surface area is 82.6 Å². The van der Waals surface area contributed by atoms with Crippen molar-refractivity contribution in [3.63, 3.8) is 0 Å². The van der Waals surface area contributed by atoms with Crippen molar-refractivity contribution in [1.29, 1.82) is 0 Å². The van der Waals surface area contributed by atoms with Crippen LogP contribution in [0.15, 0.2) is 18.2 Å². The highest BCUT2D eigenvalue weighted by molar-refractivity contribution is 7.81. The third-order valence-corrected chi connectivity index (χ3v) is 3.06. The molecular weight excluding hydrogens is 184 g/mol. The predicted octanol–water partition coefficient (Wildman–Crippen LogP) is 1.15. The van der Waals surface area contributed by atoms with Gasteiger partial charge >= 0.3 is 0 Å². The highest BCUT2D eigenvalue weighted by atomic mass is 32.1. The summed E-state index contributed by atoms with van der Waals surface area (Å²) < 4.78 is 0. The van der Waals surface area contributed by atoms with Crippen LogP contribution in [0, 0.1) is 0 Å². The SMILES string of the molecule is Oc1cccc2c1C[C@H](S)[C@@H](O)C2. The first kappa shape index (κ1) is 8.91. The summed E-state index contributed by atoms with van der Waals surface area (Å²) in [6.07, 6.45) is 0.849. The Morgan fingerprint density at radius 3 is 2.85 bits per heavy atom. The first-order valence-electron chi connectivity index (χ1n) is 4.34. The van der Waals surface area contributed by atoms with Gasteiger partial charge in [-0.05, 0) is 30.0 Å². The van der Waals surface area contributed by atoms with Crippen molar-refractivity contribution in [1.82, 2.24) is 0 Å². The number of aliphatic hydroxyl groups excluding tert-OH is 1. The highest BCUT2D eigenvalue weighted by Gasteiger charge is 2.25. The Morgan fingerprint density at radius 1 is 1.31 bits per heavy atom. The Kier molecular flexibility index (Phi) is 2.22. The Balaban J connectivity index is 2.42. The number of hydrogen-bond donors (Lipinski definition) is 3. The summed E-state index contributed by atoms with van der Waals surface area (Å²) in [5, 5.41) is 19.0. The number of aromatic hydroxyl groups is 1. The molecule has 0 aromatic heterocycles. The number of phenols is 1. The van der Waals surface area contributed by atoms with E-state index in [0.717, 1.165) is 11.1 Å². The molecule has 2 nitrogen and oxygen atoms in total. The van der Waals surface area contributed by atoms with E-state index < -0.39 is 6.10 Å². The van der Waals surface area contributed by atoms with Gasteiger partial charge in [0.25, 0.3) is 0 Å². The fourth-order valence-corrected chi connectivity index (χ4v) is 2.04. The van der Waals surface area contributed by atoms with E-state index >= 15 is 0 Å². The number of aliphatic hydroxyl groups is 1. The fraction of sp³-hybridized carbons (Fsp3) is 0.400. The van der Waals surface area contributed by atoms with Gasteiger partial charge in [-0.2, -0.15) is 12.6 Å². The van der Waals surface area contributed by atoms with Crippen LogP contribution in [0.25, 0.3) is 0 Å². The van der Waals surface area contributed by atoms with E-state index in [1.165, 1.54) is 0 Å². The minimum atomic E-state index is -0.391. The van der Waals surface area contributed by atoms with Crippen molar-refractivity contribution in [3.8, 4) is 5.75 Å². The summed E-state index contributed by atoms with van der Waals surface area (Å²) in [6.45, 7) is 0. The van der Waals surface area contributed by atoms with Gasteiger partial charge in [-0.3, -0.25) is 0 Å². The third kappa shape index (κ3) is 1.54. The van der Waals surface area contributed by atoms with Crippen molar-refractivity contribution in [3.05, 3.63) is 29.3 Å². The van der Waals surface area contributed by atoms with Crippen LogP contribution in [0.1, 0.15) is 11.1 Å². The maximum Gasteiger partial charge on any atom is 0.119 e. The van der Waals surface area contributed by atoms with Crippen molar-refractivity contribution in [2.75, 3.05) is 0 Å². The molecule has 2 N–H and O–H groups in total. The van der Waals surface area contributed by atoms with Gasteiger partial charge in [0.15, 0.2) is 0 Å². The lowest BCUT2D eigenvalue weighted by atomic mass is 9.89. The molecule has 1 aromatic rings. The van der Waals surface area contributed by atoms with Gasteiger partial charge in [0, 0.05) is 5.25 Å². The van der Waals surface area contributed by atoms with Crippen LogP contribution in [0.5, 0.6) is 5.75 Å². The van der Waals surface area contributed by atoms with Gasteiger partial charge < -0.3 is 10.2 Å². The molecule has 3 heteroatoms. The molecule has 0 bridgehead atoms. The summed E-state index contributed by atoms with van der Waals surface area (Å²) in [7, 11) is 0. The van der Waals surface area contributed by atoms with E-state index in [9.17, 15) is 10.2 Å². The molecule has 0 amide bonds. The fourth-order valence-electron chi connectivity index (χ4n) is 1.75. The average molecular weight is 196 g/mol. The van der Waals surface area contributed by atoms with Crippen LogP contribution in [0.4, 0.5) is 0 Å². The molecule has 1 aromatic carbocycles. The number of benzene rings is 1. The average Bonchev–Trinajstić information content (AvgIpc) is 2.09. The smallest absolute Gasteiger partial charge is 0.119 e. The summed E-state index contributed by atoms with van der Waals surface area (Å²) in [4.78, 5) is 0. The first-order chi connectivity index (χ1) is 6.18. The first-order valence-corrected chi connectivity index (χ1v) is 4.86. The van der Waals surface area contributed by atoms with E-state index in [0.29, 0.717) is 18.6 Å². The molecule has 0 heterocycles. The minimum Gasteiger partial charge on any atom is -0.508 e. The van der Waals surface area contributed by atoms with Crippen LogP contribution >= 0.6 is 12.6 Å². The highest BCUT2D eigenvalue weighted by Crippen LogP contribution is 2.30. The zero-order chi connectivity index (χ0) is 9.42.